The molecule has 118 valence electrons. The average molecular weight is 323 g/mol. The highest BCUT2D eigenvalue weighted by atomic mass is 32.2. The van der Waals surface area contributed by atoms with Crippen LogP contribution in [-0.2, 0) is 22.0 Å². The number of sulfonamides is 1. The molecule has 1 aromatic rings. The van der Waals surface area contributed by atoms with Gasteiger partial charge in [-0.1, -0.05) is 18.2 Å². The van der Waals surface area contributed by atoms with Gasteiger partial charge in [-0.3, -0.25) is 0 Å². The van der Waals surface area contributed by atoms with Gasteiger partial charge in [0.25, 0.3) is 0 Å². The van der Waals surface area contributed by atoms with Crippen LogP contribution in [0.15, 0.2) is 24.3 Å². The minimum Gasteiger partial charge on any atom is -0.393 e. The summed E-state index contributed by atoms with van der Waals surface area (Å²) in [6.07, 6.45) is -4.30. The van der Waals surface area contributed by atoms with Gasteiger partial charge in [-0.25, -0.2) is 12.7 Å². The summed E-state index contributed by atoms with van der Waals surface area (Å²) >= 11 is 0. The first-order valence-corrected chi connectivity index (χ1v) is 8.11. The predicted molar refractivity (Wildman–Crippen MR) is 70.9 cm³/mol. The first-order valence-electron chi connectivity index (χ1n) is 6.50. The quantitative estimate of drug-likeness (QED) is 0.925. The van der Waals surface area contributed by atoms with Crippen LogP contribution < -0.4 is 0 Å². The highest BCUT2D eigenvalue weighted by Gasteiger charge is 2.31. The summed E-state index contributed by atoms with van der Waals surface area (Å²) in [5.74, 6) is -0.465. The van der Waals surface area contributed by atoms with Gasteiger partial charge in [-0.2, -0.15) is 13.2 Å². The van der Waals surface area contributed by atoms with E-state index in [1.54, 1.807) is 0 Å². The monoisotopic (exact) mass is 323 g/mol. The zero-order valence-electron chi connectivity index (χ0n) is 11.2. The molecule has 1 aliphatic heterocycles. The Balaban J connectivity index is 2.14. The first kappa shape index (κ1) is 16.3. The SMILES string of the molecule is O=S(=O)(Cc1cccc(C(F)(F)F)c1)N1CCC(O)CC1. The van der Waals surface area contributed by atoms with Gasteiger partial charge in [0.1, 0.15) is 0 Å². The Hall–Kier alpha value is -1.12. The van der Waals surface area contributed by atoms with E-state index in [0.29, 0.717) is 12.8 Å². The molecule has 0 unspecified atom stereocenters. The van der Waals surface area contributed by atoms with Crippen LogP contribution in [0.2, 0.25) is 0 Å². The maximum absolute atomic E-state index is 12.6. The molecule has 0 spiro atoms. The van der Waals surface area contributed by atoms with E-state index in [4.69, 9.17) is 0 Å². The summed E-state index contributed by atoms with van der Waals surface area (Å²) in [6.45, 7) is 0.394. The molecule has 1 aromatic carbocycles. The molecule has 4 nitrogen and oxygen atoms in total. The van der Waals surface area contributed by atoms with Gasteiger partial charge in [0, 0.05) is 13.1 Å². The van der Waals surface area contributed by atoms with Crippen molar-refractivity contribution in [2.24, 2.45) is 0 Å². The molecule has 0 aliphatic carbocycles. The zero-order chi connectivity index (χ0) is 15.7. The third-order valence-electron chi connectivity index (χ3n) is 3.42. The molecule has 1 fully saturated rings. The van der Waals surface area contributed by atoms with Gasteiger partial charge in [0.05, 0.1) is 17.4 Å². The maximum Gasteiger partial charge on any atom is 0.416 e. The van der Waals surface area contributed by atoms with Crippen molar-refractivity contribution >= 4 is 10.0 Å². The third kappa shape index (κ3) is 4.18. The van der Waals surface area contributed by atoms with E-state index in [0.717, 1.165) is 12.1 Å². The largest absolute Gasteiger partial charge is 0.416 e. The Morgan fingerprint density at radius 3 is 2.43 bits per heavy atom. The van der Waals surface area contributed by atoms with Crippen LogP contribution in [0.1, 0.15) is 24.0 Å². The van der Waals surface area contributed by atoms with Crippen molar-refractivity contribution in [3.8, 4) is 0 Å². The fourth-order valence-corrected chi connectivity index (χ4v) is 3.81. The Morgan fingerprint density at radius 1 is 1.24 bits per heavy atom. The van der Waals surface area contributed by atoms with Gasteiger partial charge in [-0.15, -0.1) is 0 Å². The molecule has 0 saturated carbocycles. The van der Waals surface area contributed by atoms with Crippen LogP contribution >= 0.6 is 0 Å². The summed E-state index contributed by atoms with van der Waals surface area (Å²) in [7, 11) is -3.67. The highest BCUT2D eigenvalue weighted by Crippen LogP contribution is 2.30. The van der Waals surface area contributed by atoms with Gasteiger partial charge >= 0.3 is 6.18 Å². The summed E-state index contributed by atoms with van der Waals surface area (Å²) in [5, 5.41) is 9.36. The highest BCUT2D eigenvalue weighted by molar-refractivity contribution is 7.88. The number of nitrogens with zero attached hydrogens (tertiary/aromatic N) is 1. The molecule has 2 rings (SSSR count). The van der Waals surface area contributed by atoms with E-state index in [1.165, 1.54) is 16.4 Å². The molecule has 1 N–H and O–H groups in total. The van der Waals surface area contributed by atoms with Crippen LogP contribution in [0.3, 0.4) is 0 Å². The zero-order valence-corrected chi connectivity index (χ0v) is 12.0. The van der Waals surface area contributed by atoms with Crippen molar-refractivity contribution in [3.63, 3.8) is 0 Å². The van der Waals surface area contributed by atoms with E-state index in [2.05, 4.69) is 0 Å². The van der Waals surface area contributed by atoms with Crippen LogP contribution in [0.5, 0.6) is 0 Å². The second-order valence-electron chi connectivity index (χ2n) is 5.08. The fourth-order valence-electron chi connectivity index (χ4n) is 2.26. The van der Waals surface area contributed by atoms with E-state index in [9.17, 15) is 26.7 Å². The van der Waals surface area contributed by atoms with Crippen LogP contribution in [0.25, 0.3) is 0 Å². The Kier molecular flexibility index (Phi) is 4.60. The lowest BCUT2D eigenvalue weighted by Crippen LogP contribution is -2.40. The molecule has 1 aliphatic rings. The number of hydrogen-bond donors (Lipinski definition) is 1. The van der Waals surface area contributed by atoms with Gasteiger partial charge in [-0.05, 0) is 24.5 Å². The average Bonchev–Trinajstić information content (AvgIpc) is 2.38. The number of aliphatic hydroxyl groups excluding tert-OH is 1. The van der Waals surface area contributed by atoms with Crippen LogP contribution in [-0.4, -0.2) is 37.0 Å². The molecule has 0 radical (unpaired) electrons. The predicted octanol–water partition coefficient (Wildman–Crippen LogP) is 1.99. The van der Waals surface area contributed by atoms with Gasteiger partial charge < -0.3 is 5.11 Å². The second kappa shape index (κ2) is 5.94. The molecular weight excluding hydrogens is 307 g/mol. The molecule has 21 heavy (non-hydrogen) atoms. The molecule has 0 amide bonds. The van der Waals surface area contributed by atoms with E-state index in [1.807, 2.05) is 0 Å². The van der Waals surface area contributed by atoms with Crippen molar-refractivity contribution < 1.29 is 26.7 Å². The lowest BCUT2D eigenvalue weighted by Gasteiger charge is -2.28. The molecule has 1 saturated heterocycles. The van der Waals surface area contributed by atoms with Crippen molar-refractivity contribution in [3.05, 3.63) is 35.4 Å². The number of hydrogen-bond acceptors (Lipinski definition) is 3. The summed E-state index contributed by atoms with van der Waals surface area (Å²) in [5.41, 5.74) is -0.750. The van der Waals surface area contributed by atoms with Crippen LogP contribution in [0, 0.1) is 0 Å². The number of piperidine rings is 1. The number of alkyl halides is 3. The van der Waals surface area contributed by atoms with E-state index >= 15 is 0 Å². The molecule has 0 bridgehead atoms. The molecule has 0 aromatic heterocycles. The number of halogens is 3. The van der Waals surface area contributed by atoms with Crippen LogP contribution in [0.4, 0.5) is 13.2 Å². The van der Waals surface area contributed by atoms with Crippen molar-refractivity contribution in [2.45, 2.75) is 30.9 Å². The minimum absolute atomic E-state index is 0.107. The fraction of sp³-hybridized carbons (Fsp3) is 0.538. The van der Waals surface area contributed by atoms with E-state index < -0.39 is 33.6 Å². The normalized spacial score (nSPS) is 18.9. The van der Waals surface area contributed by atoms with Crippen molar-refractivity contribution in [1.29, 1.82) is 0 Å². The minimum atomic E-state index is -4.49. The second-order valence-corrected chi connectivity index (χ2v) is 7.05. The van der Waals surface area contributed by atoms with Crippen molar-refractivity contribution in [2.75, 3.05) is 13.1 Å². The summed E-state index contributed by atoms with van der Waals surface area (Å²) in [6, 6.07) is 4.34. The van der Waals surface area contributed by atoms with Crippen molar-refractivity contribution in [1.82, 2.24) is 4.31 Å². The summed E-state index contributed by atoms with van der Waals surface area (Å²) in [4.78, 5) is 0. The Bertz CT molecular complexity index is 593. The van der Waals surface area contributed by atoms with E-state index in [-0.39, 0.29) is 18.7 Å². The lowest BCUT2D eigenvalue weighted by molar-refractivity contribution is -0.137. The molecular formula is C13H16F3NO3S. The standard InChI is InChI=1S/C13H16F3NO3S/c14-13(15,16)11-3-1-2-10(8-11)9-21(19,20)17-6-4-12(18)5-7-17/h1-3,8,12,18H,4-7,9H2. The van der Waals surface area contributed by atoms with Gasteiger partial charge in [0.15, 0.2) is 0 Å². The molecule has 8 heteroatoms. The van der Waals surface area contributed by atoms with Gasteiger partial charge in [0.2, 0.25) is 10.0 Å². The Morgan fingerprint density at radius 2 is 1.86 bits per heavy atom. The Labute approximate surface area is 121 Å². The summed E-state index contributed by atoms with van der Waals surface area (Å²) < 4.78 is 63.4. The smallest absolute Gasteiger partial charge is 0.393 e. The molecule has 0 atom stereocenters. The molecule has 1 heterocycles. The lowest BCUT2D eigenvalue weighted by atomic mass is 10.1. The topological polar surface area (TPSA) is 57.6 Å². The number of aliphatic hydroxyl groups is 1. The maximum atomic E-state index is 12.6. The first-order chi connectivity index (χ1) is 9.68. The number of benzene rings is 1. The number of rotatable bonds is 3. The third-order valence-corrected chi connectivity index (χ3v) is 5.27.